The van der Waals surface area contributed by atoms with Crippen LogP contribution < -0.4 is 0 Å². The van der Waals surface area contributed by atoms with Crippen molar-refractivity contribution in [2.45, 2.75) is 64.6 Å². The maximum Gasteiger partial charge on any atom is 0.356 e. The van der Waals surface area contributed by atoms with Crippen LogP contribution in [0, 0.1) is 23.2 Å². The van der Waals surface area contributed by atoms with Crippen LogP contribution in [-0.2, 0) is 23.8 Å². The molecule has 1 aromatic rings. The Balaban J connectivity index is 1.46. The molecule has 2 bridgehead atoms. The molecule has 7 atom stereocenters. The Bertz CT molecular complexity index is 837. The number of ether oxygens (including phenoxy) is 3. The van der Waals surface area contributed by atoms with Crippen molar-refractivity contribution in [3.63, 3.8) is 0 Å². The summed E-state index contributed by atoms with van der Waals surface area (Å²) < 4.78 is 18.4. The van der Waals surface area contributed by atoms with Gasteiger partial charge in [0.25, 0.3) is 0 Å². The second-order valence-electron chi connectivity index (χ2n) is 9.50. The highest BCUT2D eigenvalue weighted by Crippen LogP contribution is 2.66. The summed E-state index contributed by atoms with van der Waals surface area (Å²) in [5.41, 5.74) is 1.09. The minimum absolute atomic E-state index is 0.0322. The van der Waals surface area contributed by atoms with Gasteiger partial charge in [-0.3, -0.25) is 0 Å². The van der Waals surface area contributed by atoms with Crippen LogP contribution in [-0.4, -0.2) is 36.3 Å². The van der Waals surface area contributed by atoms with Gasteiger partial charge in [-0.05, 0) is 49.5 Å². The number of carbonyl (C=O) groups is 1. The Kier molecular flexibility index (Phi) is 4.30. The smallest absolute Gasteiger partial charge is 0.356 e. The number of esters is 1. The summed E-state index contributed by atoms with van der Waals surface area (Å²) in [6, 6.07) is 9.81. The standard InChI is InChI=1S/C23H29NO5/c1-5-26-20(25)18-17(19(29-24-18)13-9-7-6-8-10-13)21-27-16-12-14-11-15(22(14,2)3)23(16,4)28-21/h6-10,14-17,19,21H,5,11-12H2,1-4H3/t14-,15-,16+,17-,19+,21+,23-/m1/s1. The van der Waals surface area contributed by atoms with E-state index in [2.05, 4.69) is 25.9 Å². The highest BCUT2D eigenvalue weighted by Gasteiger charge is 2.69. The lowest BCUT2D eigenvalue weighted by molar-refractivity contribution is -0.212. The maximum atomic E-state index is 12.6. The van der Waals surface area contributed by atoms with Crippen molar-refractivity contribution in [2.24, 2.45) is 28.3 Å². The lowest BCUT2D eigenvalue weighted by Gasteiger charge is -2.63. The highest BCUT2D eigenvalue weighted by molar-refractivity contribution is 6.37. The lowest BCUT2D eigenvalue weighted by atomic mass is 9.43. The number of benzene rings is 1. The number of hydrogen-bond acceptors (Lipinski definition) is 6. The van der Waals surface area contributed by atoms with Crippen molar-refractivity contribution >= 4 is 11.7 Å². The molecule has 2 aliphatic heterocycles. The summed E-state index contributed by atoms with van der Waals surface area (Å²) in [5.74, 6) is 0.187. The van der Waals surface area contributed by atoms with Crippen LogP contribution in [0.1, 0.15) is 52.2 Å². The largest absolute Gasteiger partial charge is 0.461 e. The van der Waals surface area contributed by atoms with Gasteiger partial charge in [-0.15, -0.1) is 0 Å². The van der Waals surface area contributed by atoms with Gasteiger partial charge in [0, 0.05) is 0 Å². The van der Waals surface area contributed by atoms with Crippen LogP contribution in [0.2, 0.25) is 0 Å². The van der Waals surface area contributed by atoms with Crippen LogP contribution in [0.4, 0.5) is 0 Å². The second-order valence-corrected chi connectivity index (χ2v) is 9.50. The van der Waals surface area contributed by atoms with E-state index >= 15 is 0 Å². The van der Waals surface area contributed by atoms with Gasteiger partial charge in [-0.1, -0.05) is 49.3 Å². The molecular weight excluding hydrogens is 370 g/mol. The van der Waals surface area contributed by atoms with E-state index in [1.54, 1.807) is 6.92 Å². The fraction of sp³-hybridized carbons (Fsp3) is 0.652. The van der Waals surface area contributed by atoms with E-state index in [-0.39, 0.29) is 29.4 Å². The quantitative estimate of drug-likeness (QED) is 0.720. The molecule has 3 aliphatic carbocycles. The average molecular weight is 399 g/mol. The molecule has 6 rings (SSSR count). The van der Waals surface area contributed by atoms with E-state index in [4.69, 9.17) is 19.0 Å². The lowest BCUT2D eigenvalue weighted by Crippen LogP contribution is -2.65. The molecule has 5 aliphatic rings. The molecule has 29 heavy (non-hydrogen) atoms. The van der Waals surface area contributed by atoms with Crippen molar-refractivity contribution in [3.05, 3.63) is 35.9 Å². The molecule has 3 saturated carbocycles. The number of nitrogens with zero attached hydrogens (tertiary/aromatic N) is 1. The zero-order valence-corrected chi connectivity index (χ0v) is 17.5. The summed E-state index contributed by atoms with van der Waals surface area (Å²) >= 11 is 0. The number of rotatable bonds is 4. The number of oxime groups is 1. The fourth-order valence-electron chi connectivity index (χ4n) is 6.00. The van der Waals surface area contributed by atoms with E-state index < -0.39 is 24.3 Å². The van der Waals surface area contributed by atoms with Crippen molar-refractivity contribution < 1.29 is 23.8 Å². The predicted octanol–water partition coefficient (Wildman–Crippen LogP) is 3.86. The van der Waals surface area contributed by atoms with Gasteiger partial charge < -0.3 is 19.0 Å². The van der Waals surface area contributed by atoms with E-state index in [9.17, 15) is 4.79 Å². The Hall–Kier alpha value is -1.92. The van der Waals surface area contributed by atoms with Gasteiger partial charge >= 0.3 is 5.97 Å². The number of hydrogen-bond donors (Lipinski definition) is 0. The van der Waals surface area contributed by atoms with Gasteiger partial charge in [0.1, 0.15) is 5.92 Å². The third-order valence-corrected chi connectivity index (χ3v) is 7.78. The molecule has 6 nitrogen and oxygen atoms in total. The minimum Gasteiger partial charge on any atom is -0.461 e. The van der Waals surface area contributed by atoms with Gasteiger partial charge in [0.15, 0.2) is 18.1 Å². The molecule has 156 valence electrons. The third-order valence-electron chi connectivity index (χ3n) is 7.78. The SMILES string of the molecule is CCOC(=O)C1=NO[C@@H](c2ccccc2)[C@@H]1[C@H]1O[C@H]2C[C@H]3C[C@H](C3(C)C)[C@@]2(C)O1. The van der Waals surface area contributed by atoms with Crippen LogP contribution in [0.25, 0.3) is 0 Å². The zero-order chi connectivity index (χ0) is 20.4. The van der Waals surface area contributed by atoms with Gasteiger partial charge in [0.2, 0.25) is 0 Å². The van der Waals surface area contributed by atoms with Crippen LogP contribution >= 0.6 is 0 Å². The normalized spacial score (nSPS) is 41.7. The monoisotopic (exact) mass is 399 g/mol. The van der Waals surface area contributed by atoms with E-state index in [1.165, 1.54) is 6.42 Å². The molecule has 2 heterocycles. The summed E-state index contributed by atoms with van der Waals surface area (Å²) in [6.45, 7) is 8.91. The molecular formula is C23H29NO5. The molecule has 0 radical (unpaired) electrons. The molecule has 1 saturated heterocycles. The zero-order valence-electron chi connectivity index (χ0n) is 17.5. The van der Waals surface area contributed by atoms with E-state index in [0.29, 0.717) is 11.8 Å². The van der Waals surface area contributed by atoms with Crippen molar-refractivity contribution in [2.75, 3.05) is 6.61 Å². The first-order chi connectivity index (χ1) is 13.9. The van der Waals surface area contributed by atoms with Gasteiger partial charge in [0.05, 0.1) is 18.3 Å². The molecule has 0 spiro atoms. The maximum absolute atomic E-state index is 12.6. The minimum atomic E-state index is -0.587. The molecule has 0 amide bonds. The first kappa shape index (κ1) is 19.1. The second kappa shape index (κ2) is 6.54. The topological polar surface area (TPSA) is 66.4 Å². The Morgan fingerprint density at radius 2 is 1.97 bits per heavy atom. The van der Waals surface area contributed by atoms with E-state index in [0.717, 1.165) is 12.0 Å². The Morgan fingerprint density at radius 3 is 2.66 bits per heavy atom. The van der Waals surface area contributed by atoms with E-state index in [1.807, 2.05) is 30.3 Å². The summed E-state index contributed by atoms with van der Waals surface area (Å²) in [5, 5.41) is 4.12. The molecule has 4 fully saturated rings. The van der Waals surface area contributed by atoms with Gasteiger partial charge in [-0.25, -0.2) is 4.79 Å². The molecule has 0 unspecified atom stereocenters. The Labute approximate surface area is 171 Å². The fourth-order valence-corrected chi connectivity index (χ4v) is 6.00. The third kappa shape index (κ3) is 2.68. The van der Waals surface area contributed by atoms with Crippen molar-refractivity contribution in [1.82, 2.24) is 0 Å². The summed E-state index contributed by atoms with van der Waals surface area (Å²) in [4.78, 5) is 18.4. The van der Waals surface area contributed by atoms with Crippen molar-refractivity contribution in [3.8, 4) is 0 Å². The van der Waals surface area contributed by atoms with Crippen molar-refractivity contribution in [1.29, 1.82) is 0 Å². The van der Waals surface area contributed by atoms with Crippen LogP contribution in [0.15, 0.2) is 35.5 Å². The highest BCUT2D eigenvalue weighted by atomic mass is 16.7. The number of carbonyl (C=O) groups excluding carboxylic acids is 1. The molecule has 0 aromatic heterocycles. The molecule has 1 aromatic carbocycles. The summed E-state index contributed by atoms with van der Waals surface area (Å²) in [6.07, 6.45) is 1.18. The first-order valence-electron chi connectivity index (χ1n) is 10.6. The van der Waals surface area contributed by atoms with Crippen LogP contribution in [0.5, 0.6) is 0 Å². The predicted molar refractivity (Wildman–Crippen MR) is 106 cm³/mol. The Morgan fingerprint density at radius 1 is 1.21 bits per heavy atom. The average Bonchev–Trinajstić information content (AvgIpc) is 3.29. The molecule has 0 N–H and O–H groups in total. The first-order valence-corrected chi connectivity index (χ1v) is 10.6. The van der Waals surface area contributed by atoms with Crippen LogP contribution in [0.3, 0.4) is 0 Å². The molecule has 6 heteroatoms. The summed E-state index contributed by atoms with van der Waals surface area (Å²) in [7, 11) is 0. The van der Waals surface area contributed by atoms with Gasteiger partial charge in [-0.2, -0.15) is 0 Å².